The van der Waals surface area contributed by atoms with Gasteiger partial charge in [-0.05, 0) is 67.3 Å². The Morgan fingerprint density at radius 1 is 1.10 bits per heavy atom. The Bertz CT molecular complexity index is 1430. The number of aliphatic hydroxyl groups is 1. The molecule has 8 heteroatoms. The van der Waals surface area contributed by atoms with Gasteiger partial charge in [-0.25, -0.2) is 4.98 Å². The van der Waals surface area contributed by atoms with E-state index in [1.54, 1.807) is 6.20 Å². The van der Waals surface area contributed by atoms with E-state index in [1.807, 2.05) is 88.2 Å². The van der Waals surface area contributed by atoms with E-state index in [2.05, 4.69) is 27.0 Å². The zero-order valence-corrected chi connectivity index (χ0v) is 23.9. The molecule has 2 amide bonds. The fourth-order valence-corrected chi connectivity index (χ4v) is 5.95. The number of rotatable bonds is 8. The summed E-state index contributed by atoms with van der Waals surface area (Å²) < 4.78 is 0. The van der Waals surface area contributed by atoms with Crippen LogP contribution in [0.15, 0.2) is 60.8 Å². The van der Waals surface area contributed by atoms with Crippen LogP contribution in [-0.2, 0) is 40.9 Å². The Balaban J connectivity index is 1.36. The average molecular weight is 542 g/mol. The molecule has 40 heavy (non-hydrogen) atoms. The predicted molar refractivity (Wildman–Crippen MR) is 157 cm³/mol. The first-order valence-corrected chi connectivity index (χ1v) is 13.9. The molecule has 2 aliphatic rings. The molecule has 0 bridgehead atoms. The summed E-state index contributed by atoms with van der Waals surface area (Å²) in [6.07, 6.45) is 2.01. The molecule has 2 unspecified atom stereocenters. The standard InChI is InChI=1S/C32H39N5O3/c1-20(37(30(40)31(2,3)4)19-23-10-7-6-9-22(23)18-33-5)28(38)35-25-13-12-21-16-32(17-24(21)15-25)26-11-8-14-34-27(26)36-29(32)39/h6-15,20,30,33,40H,16-19H2,1-5H3,(H,35,38)(H,34,36,39)/t20-,30?,32?/m0/s1. The summed E-state index contributed by atoms with van der Waals surface area (Å²) in [7, 11) is 1.90. The van der Waals surface area contributed by atoms with E-state index in [0.29, 0.717) is 37.4 Å². The molecule has 1 aromatic heterocycles. The van der Waals surface area contributed by atoms with E-state index in [9.17, 15) is 14.7 Å². The van der Waals surface area contributed by atoms with Gasteiger partial charge in [0.15, 0.2) is 0 Å². The number of aromatic nitrogens is 1. The third-order valence-corrected chi connectivity index (χ3v) is 8.25. The SMILES string of the molecule is CNCc1ccccc1CN(C(O)C(C)(C)C)[C@@H](C)C(=O)Nc1ccc2c(c1)CC1(C2)C(=O)Nc2ncccc21. The summed E-state index contributed by atoms with van der Waals surface area (Å²) in [4.78, 5) is 32.9. The van der Waals surface area contributed by atoms with Crippen LogP contribution in [0.4, 0.5) is 11.5 Å². The van der Waals surface area contributed by atoms with Gasteiger partial charge in [0.1, 0.15) is 12.0 Å². The number of hydrogen-bond acceptors (Lipinski definition) is 6. The van der Waals surface area contributed by atoms with E-state index < -0.39 is 23.1 Å². The Hall–Kier alpha value is -3.59. The van der Waals surface area contributed by atoms with Gasteiger partial charge in [-0.3, -0.25) is 14.5 Å². The minimum atomic E-state index is -0.842. The first-order valence-electron chi connectivity index (χ1n) is 13.9. The van der Waals surface area contributed by atoms with Gasteiger partial charge in [-0.2, -0.15) is 0 Å². The number of carbonyl (C=O) groups excluding carboxylic acids is 2. The van der Waals surface area contributed by atoms with Crippen LogP contribution in [0.3, 0.4) is 0 Å². The molecule has 0 fully saturated rings. The van der Waals surface area contributed by atoms with Crippen molar-refractivity contribution in [1.29, 1.82) is 0 Å². The second-order valence-electron chi connectivity index (χ2n) is 12.1. The molecule has 8 nitrogen and oxygen atoms in total. The van der Waals surface area contributed by atoms with Crippen molar-refractivity contribution in [3.8, 4) is 0 Å². The van der Waals surface area contributed by atoms with Crippen molar-refractivity contribution >= 4 is 23.3 Å². The first kappa shape index (κ1) is 28.0. The van der Waals surface area contributed by atoms with Crippen molar-refractivity contribution in [3.05, 3.63) is 88.6 Å². The number of aliphatic hydroxyl groups excluding tert-OH is 1. The van der Waals surface area contributed by atoms with E-state index in [-0.39, 0.29) is 11.8 Å². The van der Waals surface area contributed by atoms with Gasteiger partial charge in [0.05, 0.1) is 11.5 Å². The highest BCUT2D eigenvalue weighted by Gasteiger charge is 2.51. The molecule has 3 aromatic rings. The maximum absolute atomic E-state index is 13.6. The number of carbonyl (C=O) groups is 2. The maximum atomic E-state index is 13.6. The van der Waals surface area contributed by atoms with Crippen molar-refractivity contribution in [2.75, 3.05) is 17.7 Å². The monoisotopic (exact) mass is 541 g/mol. The van der Waals surface area contributed by atoms with Gasteiger partial charge in [0, 0.05) is 36.0 Å². The molecule has 2 heterocycles. The summed E-state index contributed by atoms with van der Waals surface area (Å²) in [6, 6.07) is 17.2. The Morgan fingerprint density at radius 3 is 2.55 bits per heavy atom. The smallest absolute Gasteiger partial charge is 0.241 e. The number of hydrogen-bond donors (Lipinski definition) is 4. The number of amides is 2. The van der Waals surface area contributed by atoms with Crippen LogP contribution < -0.4 is 16.0 Å². The average Bonchev–Trinajstić information content (AvgIpc) is 3.44. The van der Waals surface area contributed by atoms with Crippen LogP contribution in [0.2, 0.25) is 0 Å². The number of anilines is 2. The van der Waals surface area contributed by atoms with Crippen LogP contribution in [0.25, 0.3) is 0 Å². The van der Waals surface area contributed by atoms with Crippen LogP contribution in [-0.4, -0.2) is 46.1 Å². The lowest BCUT2D eigenvalue weighted by Crippen LogP contribution is -2.52. The molecule has 1 aliphatic heterocycles. The molecule has 4 N–H and O–H groups in total. The van der Waals surface area contributed by atoms with Crippen molar-refractivity contribution < 1.29 is 14.7 Å². The van der Waals surface area contributed by atoms with Gasteiger partial charge in [-0.15, -0.1) is 0 Å². The molecule has 1 aliphatic carbocycles. The molecular weight excluding hydrogens is 502 g/mol. The van der Waals surface area contributed by atoms with E-state index >= 15 is 0 Å². The Morgan fingerprint density at radius 2 is 1.82 bits per heavy atom. The van der Waals surface area contributed by atoms with Crippen molar-refractivity contribution in [2.24, 2.45) is 5.41 Å². The van der Waals surface area contributed by atoms with Crippen LogP contribution >= 0.6 is 0 Å². The highest BCUT2D eigenvalue weighted by atomic mass is 16.3. The van der Waals surface area contributed by atoms with Crippen LogP contribution in [0.5, 0.6) is 0 Å². The van der Waals surface area contributed by atoms with Gasteiger partial charge >= 0.3 is 0 Å². The summed E-state index contributed by atoms with van der Waals surface area (Å²) >= 11 is 0. The third-order valence-electron chi connectivity index (χ3n) is 8.25. The molecule has 210 valence electrons. The van der Waals surface area contributed by atoms with Gasteiger partial charge in [0.25, 0.3) is 0 Å². The zero-order chi connectivity index (χ0) is 28.7. The quantitative estimate of drug-likeness (QED) is 0.322. The van der Waals surface area contributed by atoms with Crippen molar-refractivity contribution in [1.82, 2.24) is 15.2 Å². The number of nitrogens with zero attached hydrogens (tertiary/aromatic N) is 2. The fourth-order valence-electron chi connectivity index (χ4n) is 5.95. The lowest BCUT2D eigenvalue weighted by molar-refractivity contribution is -0.134. The van der Waals surface area contributed by atoms with Gasteiger partial charge in [-0.1, -0.05) is 57.2 Å². The molecule has 2 aromatic carbocycles. The predicted octanol–water partition coefficient (Wildman–Crippen LogP) is 3.98. The highest BCUT2D eigenvalue weighted by Crippen LogP contribution is 2.47. The fraction of sp³-hybridized carbons (Fsp3) is 0.406. The lowest BCUT2D eigenvalue weighted by atomic mass is 9.79. The van der Waals surface area contributed by atoms with E-state index in [0.717, 1.165) is 27.8 Å². The lowest BCUT2D eigenvalue weighted by Gasteiger charge is -2.39. The number of fused-ring (bicyclic) bond motifs is 3. The number of pyridine rings is 1. The largest absolute Gasteiger partial charge is 0.378 e. The van der Waals surface area contributed by atoms with Gasteiger partial charge < -0.3 is 21.1 Å². The third kappa shape index (κ3) is 5.14. The van der Waals surface area contributed by atoms with Gasteiger partial charge in [0.2, 0.25) is 11.8 Å². The first-order chi connectivity index (χ1) is 19.0. The van der Waals surface area contributed by atoms with Crippen molar-refractivity contribution in [2.45, 2.75) is 71.3 Å². The second kappa shape index (κ2) is 10.8. The molecule has 1 spiro atoms. The second-order valence-corrected chi connectivity index (χ2v) is 12.1. The molecule has 0 saturated carbocycles. The molecule has 5 rings (SSSR count). The molecule has 3 atom stereocenters. The minimum absolute atomic E-state index is 0.0260. The highest BCUT2D eigenvalue weighted by molar-refractivity contribution is 6.06. The zero-order valence-electron chi connectivity index (χ0n) is 23.9. The molecule has 0 saturated heterocycles. The number of benzene rings is 2. The molecular formula is C32H39N5O3. The normalized spacial score (nSPS) is 19.3. The Labute approximate surface area is 236 Å². The van der Waals surface area contributed by atoms with E-state index in [4.69, 9.17) is 0 Å². The summed E-state index contributed by atoms with van der Waals surface area (Å²) in [5.74, 6) is 0.411. The maximum Gasteiger partial charge on any atom is 0.241 e. The van der Waals surface area contributed by atoms with Crippen molar-refractivity contribution in [3.63, 3.8) is 0 Å². The molecule has 0 radical (unpaired) electrons. The summed E-state index contributed by atoms with van der Waals surface area (Å²) in [5.41, 5.74) is 4.83. The summed E-state index contributed by atoms with van der Waals surface area (Å²) in [6.45, 7) is 8.87. The number of nitrogens with one attached hydrogen (secondary N) is 3. The minimum Gasteiger partial charge on any atom is -0.378 e. The van der Waals surface area contributed by atoms with E-state index in [1.165, 1.54) is 0 Å². The van der Waals surface area contributed by atoms with Crippen LogP contribution in [0, 0.1) is 5.41 Å². The Kier molecular flexibility index (Phi) is 7.52. The summed E-state index contributed by atoms with van der Waals surface area (Å²) in [5, 5.41) is 20.6. The van der Waals surface area contributed by atoms with Crippen LogP contribution in [0.1, 0.15) is 55.5 Å². The topological polar surface area (TPSA) is 107 Å².